The summed E-state index contributed by atoms with van der Waals surface area (Å²) in [6.45, 7) is 3.69. The monoisotopic (exact) mass is 244 g/mol. The van der Waals surface area contributed by atoms with E-state index in [0.29, 0.717) is 32.5 Å². The van der Waals surface area contributed by atoms with Gasteiger partial charge in [-0.05, 0) is 19.3 Å². The smallest absolute Gasteiger partial charge is 0.329 e. The van der Waals surface area contributed by atoms with Gasteiger partial charge in [0.2, 0.25) is 0 Å². The summed E-state index contributed by atoms with van der Waals surface area (Å²) in [6.07, 6.45) is 2.28. The maximum Gasteiger partial charge on any atom is 0.329 e. The topological polar surface area (TPSA) is 78.9 Å². The minimum Gasteiger partial charge on any atom is -0.480 e. The second-order valence-corrected chi connectivity index (χ2v) is 4.12. The fraction of sp³-hybridized carbons (Fsp3) is 0.818. The first-order valence-electron chi connectivity index (χ1n) is 5.99. The van der Waals surface area contributed by atoms with Crippen molar-refractivity contribution in [3.8, 4) is 0 Å². The molecule has 0 aromatic rings. The van der Waals surface area contributed by atoms with E-state index < -0.39 is 5.97 Å². The number of nitrogens with zero attached hydrogens (tertiary/aromatic N) is 1. The van der Waals surface area contributed by atoms with E-state index in [4.69, 9.17) is 9.84 Å². The van der Waals surface area contributed by atoms with Gasteiger partial charge >= 0.3 is 12.0 Å². The molecule has 2 N–H and O–H groups in total. The highest BCUT2D eigenvalue weighted by Gasteiger charge is 2.23. The molecule has 2 amide bonds. The number of likely N-dealkylation sites (tertiary alicyclic amines) is 1. The summed E-state index contributed by atoms with van der Waals surface area (Å²) in [5, 5.41) is 11.3. The molecule has 0 atom stereocenters. The molecule has 1 heterocycles. The molecular formula is C11H20N2O4. The average molecular weight is 244 g/mol. The molecule has 0 bridgehead atoms. The molecule has 1 aliphatic heterocycles. The van der Waals surface area contributed by atoms with Crippen LogP contribution in [0.4, 0.5) is 4.79 Å². The highest BCUT2D eigenvalue weighted by Crippen LogP contribution is 2.13. The molecule has 17 heavy (non-hydrogen) atoms. The number of urea groups is 1. The van der Waals surface area contributed by atoms with Crippen molar-refractivity contribution in [1.82, 2.24) is 10.2 Å². The van der Waals surface area contributed by atoms with E-state index in [2.05, 4.69) is 5.32 Å². The lowest BCUT2D eigenvalue weighted by Crippen LogP contribution is -2.46. The number of carboxylic acid groups (broad SMARTS) is 1. The lowest BCUT2D eigenvalue weighted by molar-refractivity contribution is -0.145. The minimum absolute atomic E-state index is 0.0384. The van der Waals surface area contributed by atoms with Crippen LogP contribution in [0.3, 0.4) is 0 Å². The highest BCUT2D eigenvalue weighted by molar-refractivity contribution is 5.74. The number of rotatable bonds is 5. The van der Waals surface area contributed by atoms with Crippen LogP contribution in [0.1, 0.15) is 26.2 Å². The molecule has 6 nitrogen and oxygen atoms in total. The molecular weight excluding hydrogens is 224 g/mol. The normalized spacial score (nSPS) is 16.9. The van der Waals surface area contributed by atoms with Crippen LogP contribution < -0.4 is 5.32 Å². The van der Waals surface area contributed by atoms with Gasteiger partial charge < -0.3 is 20.1 Å². The largest absolute Gasteiger partial charge is 0.480 e. The van der Waals surface area contributed by atoms with E-state index in [0.717, 1.165) is 6.42 Å². The summed E-state index contributed by atoms with van der Waals surface area (Å²) >= 11 is 0. The number of ether oxygens (including phenoxy) is 1. The first-order valence-corrected chi connectivity index (χ1v) is 5.99. The molecule has 0 aromatic carbocycles. The maximum atomic E-state index is 11.6. The van der Waals surface area contributed by atoms with E-state index in [-0.39, 0.29) is 18.7 Å². The van der Waals surface area contributed by atoms with Gasteiger partial charge in [0, 0.05) is 19.6 Å². The third-order valence-electron chi connectivity index (χ3n) is 2.70. The molecule has 1 saturated heterocycles. The zero-order valence-electron chi connectivity index (χ0n) is 10.1. The van der Waals surface area contributed by atoms with Gasteiger partial charge in [0.05, 0.1) is 6.10 Å². The molecule has 0 radical (unpaired) electrons. The lowest BCUT2D eigenvalue weighted by Gasteiger charge is -2.31. The Morgan fingerprint density at radius 2 is 2.06 bits per heavy atom. The van der Waals surface area contributed by atoms with E-state index in [9.17, 15) is 9.59 Å². The summed E-state index contributed by atoms with van der Waals surface area (Å²) in [5.74, 6) is -0.951. The molecule has 0 saturated carbocycles. The third kappa shape index (κ3) is 5.04. The third-order valence-corrected chi connectivity index (χ3v) is 2.70. The van der Waals surface area contributed by atoms with Crippen molar-refractivity contribution in [2.45, 2.75) is 32.3 Å². The molecule has 0 spiro atoms. The molecule has 1 rings (SSSR count). The van der Waals surface area contributed by atoms with E-state index in [1.165, 1.54) is 0 Å². The van der Waals surface area contributed by atoms with Crippen LogP contribution in [-0.2, 0) is 9.53 Å². The van der Waals surface area contributed by atoms with Gasteiger partial charge in [-0.15, -0.1) is 0 Å². The number of carboxylic acids is 1. The van der Waals surface area contributed by atoms with Crippen LogP contribution in [0.2, 0.25) is 0 Å². The predicted molar refractivity (Wildman–Crippen MR) is 61.9 cm³/mol. The average Bonchev–Trinajstić information content (AvgIpc) is 2.34. The first kappa shape index (κ1) is 13.8. The van der Waals surface area contributed by atoms with Crippen molar-refractivity contribution >= 4 is 12.0 Å². The van der Waals surface area contributed by atoms with Crippen molar-refractivity contribution in [2.75, 3.05) is 26.2 Å². The minimum atomic E-state index is -0.951. The van der Waals surface area contributed by atoms with Gasteiger partial charge in [0.1, 0.15) is 6.61 Å². The van der Waals surface area contributed by atoms with Gasteiger partial charge in [0.25, 0.3) is 0 Å². The zero-order chi connectivity index (χ0) is 12.7. The van der Waals surface area contributed by atoms with Crippen molar-refractivity contribution < 1.29 is 19.4 Å². The van der Waals surface area contributed by atoms with E-state index >= 15 is 0 Å². The summed E-state index contributed by atoms with van der Waals surface area (Å²) < 4.78 is 5.20. The number of amides is 2. The van der Waals surface area contributed by atoms with Gasteiger partial charge in [0.15, 0.2) is 0 Å². The van der Waals surface area contributed by atoms with Crippen molar-refractivity contribution in [3.05, 3.63) is 0 Å². The summed E-state index contributed by atoms with van der Waals surface area (Å²) in [4.78, 5) is 23.7. The fourth-order valence-corrected chi connectivity index (χ4v) is 1.76. The molecule has 0 aromatic heterocycles. The van der Waals surface area contributed by atoms with Crippen molar-refractivity contribution in [1.29, 1.82) is 0 Å². The molecule has 1 fully saturated rings. The Hall–Kier alpha value is -1.30. The molecule has 98 valence electrons. The second-order valence-electron chi connectivity index (χ2n) is 4.12. The standard InChI is InChI=1S/C11H20N2O4/c1-2-5-12-11(16)13-6-3-9(4-7-13)17-8-10(14)15/h9H,2-8H2,1H3,(H,12,16)(H,14,15). The van der Waals surface area contributed by atoms with Gasteiger partial charge in [-0.25, -0.2) is 9.59 Å². The number of carbonyl (C=O) groups is 2. The molecule has 1 aliphatic rings. The zero-order valence-corrected chi connectivity index (χ0v) is 10.1. The number of hydrogen-bond acceptors (Lipinski definition) is 3. The molecule has 0 unspecified atom stereocenters. The van der Waals surface area contributed by atoms with Gasteiger partial charge in [-0.1, -0.05) is 6.92 Å². The number of hydrogen-bond donors (Lipinski definition) is 2. The second kappa shape index (κ2) is 7.11. The van der Waals surface area contributed by atoms with Crippen LogP contribution in [-0.4, -0.2) is 54.4 Å². The SMILES string of the molecule is CCCNC(=O)N1CCC(OCC(=O)O)CC1. The Morgan fingerprint density at radius 3 is 2.59 bits per heavy atom. The van der Waals surface area contributed by atoms with Crippen molar-refractivity contribution in [2.24, 2.45) is 0 Å². The Balaban J connectivity index is 2.20. The highest BCUT2D eigenvalue weighted by atomic mass is 16.5. The predicted octanol–water partition coefficient (Wildman–Crippen LogP) is 0.672. The van der Waals surface area contributed by atoms with Crippen LogP contribution in [0.25, 0.3) is 0 Å². The lowest BCUT2D eigenvalue weighted by atomic mass is 10.1. The Morgan fingerprint density at radius 1 is 1.41 bits per heavy atom. The summed E-state index contributed by atoms with van der Waals surface area (Å²) in [6, 6.07) is -0.0384. The molecule has 0 aliphatic carbocycles. The Labute approximate surface area is 101 Å². The summed E-state index contributed by atoms with van der Waals surface area (Å²) in [7, 11) is 0. The maximum absolute atomic E-state index is 11.6. The van der Waals surface area contributed by atoms with E-state index in [1.807, 2.05) is 6.92 Å². The number of nitrogens with one attached hydrogen (secondary N) is 1. The van der Waals surface area contributed by atoms with Gasteiger partial charge in [-0.3, -0.25) is 0 Å². The number of carbonyl (C=O) groups excluding carboxylic acids is 1. The van der Waals surface area contributed by atoms with E-state index in [1.54, 1.807) is 4.90 Å². The fourth-order valence-electron chi connectivity index (χ4n) is 1.76. The van der Waals surface area contributed by atoms with Crippen LogP contribution in [0, 0.1) is 0 Å². The number of piperidine rings is 1. The van der Waals surface area contributed by atoms with Gasteiger partial charge in [-0.2, -0.15) is 0 Å². The van der Waals surface area contributed by atoms with Crippen LogP contribution >= 0.6 is 0 Å². The Bertz CT molecular complexity index is 262. The van der Waals surface area contributed by atoms with Crippen molar-refractivity contribution in [3.63, 3.8) is 0 Å². The number of aliphatic carboxylic acids is 1. The quantitative estimate of drug-likeness (QED) is 0.745. The summed E-state index contributed by atoms with van der Waals surface area (Å²) in [5.41, 5.74) is 0. The Kier molecular flexibility index (Phi) is 5.76. The first-order chi connectivity index (χ1) is 8.13. The molecule has 6 heteroatoms. The van der Waals surface area contributed by atoms with Crippen LogP contribution in [0.15, 0.2) is 0 Å². The van der Waals surface area contributed by atoms with Crippen LogP contribution in [0.5, 0.6) is 0 Å².